The van der Waals surface area contributed by atoms with E-state index in [9.17, 15) is 14.4 Å². The zero-order chi connectivity index (χ0) is 20.6. The predicted molar refractivity (Wildman–Crippen MR) is 108 cm³/mol. The first-order chi connectivity index (χ1) is 14.0. The van der Waals surface area contributed by atoms with Gasteiger partial charge >= 0.3 is 5.97 Å². The molecule has 2 N–H and O–H groups in total. The normalized spacial score (nSPS) is 13.2. The van der Waals surface area contributed by atoms with Crippen LogP contribution in [0.3, 0.4) is 0 Å². The summed E-state index contributed by atoms with van der Waals surface area (Å²) in [5.74, 6) is -0.624. The lowest BCUT2D eigenvalue weighted by atomic mass is 10.1. The van der Waals surface area contributed by atoms with E-state index < -0.39 is 5.97 Å². The number of aromatic carboxylic acids is 1. The van der Waals surface area contributed by atoms with Crippen LogP contribution in [0.2, 0.25) is 0 Å². The standard InChI is InChI=1S/C22H24N2O5/c25-20(11-8-16-6-9-17(10-7-16)22(27)28)23-18-4-3-5-19(14-18)29-15-21(26)24-12-1-2-13-24/h3-7,9-10,14H,1-2,8,11-13,15H2,(H,23,25)(H,27,28). The number of hydrogen-bond acceptors (Lipinski definition) is 4. The summed E-state index contributed by atoms with van der Waals surface area (Å²) in [5, 5.41) is 11.7. The van der Waals surface area contributed by atoms with Crippen LogP contribution >= 0.6 is 0 Å². The highest BCUT2D eigenvalue weighted by atomic mass is 16.5. The third-order valence-corrected chi connectivity index (χ3v) is 4.78. The zero-order valence-electron chi connectivity index (χ0n) is 16.1. The maximum Gasteiger partial charge on any atom is 0.335 e. The molecule has 1 aliphatic rings. The number of benzene rings is 2. The van der Waals surface area contributed by atoms with Gasteiger partial charge in [0, 0.05) is 31.3 Å². The fraction of sp³-hybridized carbons (Fsp3) is 0.318. The smallest absolute Gasteiger partial charge is 0.335 e. The number of carboxylic acids is 1. The van der Waals surface area contributed by atoms with E-state index in [-0.39, 0.29) is 30.4 Å². The van der Waals surface area contributed by atoms with Crippen LogP contribution in [0.25, 0.3) is 0 Å². The van der Waals surface area contributed by atoms with Crippen LogP contribution in [0.5, 0.6) is 5.75 Å². The minimum absolute atomic E-state index is 0.0102. The van der Waals surface area contributed by atoms with Crippen molar-refractivity contribution in [1.82, 2.24) is 4.90 Å². The number of carboxylic acid groups (broad SMARTS) is 1. The topological polar surface area (TPSA) is 95.9 Å². The molecule has 2 aromatic carbocycles. The summed E-state index contributed by atoms with van der Waals surface area (Å²) >= 11 is 0. The Labute approximate surface area is 169 Å². The van der Waals surface area contributed by atoms with Gasteiger partial charge in [0.2, 0.25) is 5.91 Å². The van der Waals surface area contributed by atoms with Gasteiger partial charge in [-0.05, 0) is 49.1 Å². The summed E-state index contributed by atoms with van der Waals surface area (Å²) in [4.78, 5) is 36.9. The van der Waals surface area contributed by atoms with Crippen LogP contribution in [0.4, 0.5) is 5.69 Å². The number of carbonyl (C=O) groups excluding carboxylic acids is 2. The van der Waals surface area contributed by atoms with Crippen molar-refractivity contribution in [3.8, 4) is 5.75 Å². The molecule has 0 atom stereocenters. The van der Waals surface area contributed by atoms with Crippen LogP contribution in [-0.2, 0) is 16.0 Å². The van der Waals surface area contributed by atoms with Crippen molar-refractivity contribution in [2.24, 2.45) is 0 Å². The van der Waals surface area contributed by atoms with Gasteiger partial charge in [0.1, 0.15) is 5.75 Å². The lowest BCUT2D eigenvalue weighted by molar-refractivity contribution is -0.132. The van der Waals surface area contributed by atoms with Crippen molar-refractivity contribution in [1.29, 1.82) is 0 Å². The van der Waals surface area contributed by atoms with Crippen molar-refractivity contribution in [2.75, 3.05) is 25.0 Å². The Kier molecular flexibility index (Phi) is 6.84. The SMILES string of the molecule is O=C(CCc1ccc(C(=O)O)cc1)Nc1cccc(OCC(=O)N2CCCC2)c1. The molecule has 0 bridgehead atoms. The summed E-state index contributed by atoms with van der Waals surface area (Å²) in [6.07, 6.45) is 2.85. The summed E-state index contributed by atoms with van der Waals surface area (Å²) < 4.78 is 5.57. The third kappa shape index (κ3) is 6.07. The number of nitrogens with one attached hydrogen (secondary N) is 1. The second-order valence-electron chi connectivity index (χ2n) is 6.95. The van der Waals surface area contributed by atoms with Gasteiger partial charge in [0.25, 0.3) is 5.91 Å². The van der Waals surface area contributed by atoms with Crippen molar-refractivity contribution in [3.05, 3.63) is 59.7 Å². The lowest BCUT2D eigenvalue weighted by Gasteiger charge is -2.15. The molecular weight excluding hydrogens is 372 g/mol. The molecule has 152 valence electrons. The number of carbonyl (C=O) groups is 3. The summed E-state index contributed by atoms with van der Waals surface area (Å²) in [5.41, 5.74) is 1.71. The van der Waals surface area contributed by atoms with Gasteiger partial charge in [-0.25, -0.2) is 4.79 Å². The molecule has 7 heteroatoms. The lowest BCUT2D eigenvalue weighted by Crippen LogP contribution is -2.32. The van der Waals surface area contributed by atoms with Crippen LogP contribution in [0, 0.1) is 0 Å². The van der Waals surface area contributed by atoms with E-state index in [0.717, 1.165) is 31.5 Å². The average molecular weight is 396 g/mol. The Bertz CT molecular complexity index is 873. The average Bonchev–Trinajstić information content (AvgIpc) is 3.26. The molecule has 29 heavy (non-hydrogen) atoms. The summed E-state index contributed by atoms with van der Waals surface area (Å²) in [7, 11) is 0. The van der Waals surface area contributed by atoms with E-state index in [1.165, 1.54) is 12.1 Å². The highest BCUT2D eigenvalue weighted by molar-refractivity contribution is 5.91. The second kappa shape index (κ2) is 9.73. The van der Waals surface area contributed by atoms with Gasteiger partial charge in [0.15, 0.2) is 6.61 Å². The minimum Gasteiger partial charge on any atom is -0.484 e. The molecule has 0 radical (unpaired) electrons. The van der Waals surface area contributed by atoms with Crippen molar-refractivity contribution in [2.45, 2.75) is 25.7 Å². The molecule has 0 unspecified atom stereocenters. The van der Waals surface area contributed by atoms with E-state index in [0.29, 0.717) is 17.9 Å². The van der Waals surface area contributed by atoms with E-state index >= 15 is 0 Å². The number of anilines is 1. The second-order valence-corrected chi connectivity index (χ2v) is 6.95. The predicted octanol–water partition coefficient (Wildman–Crippen LogP) is 2.96. The van der Waals surface area contributed by atoms with Gasteiger partial charge in [-0.3, -0.25) is 9.59 Å². The molecule has 2 aromatic rings. The van der Waals surface area contributed by atoms with Gasteiger partial charge in [0.05, 0.1) is 5.56 Å². The van der Waals surface area contributed by atoms with Gasteiger partial charge in [-0.2, -0.15) is 0 Å². The number of ether oxygens (including phenoxy) is 1. The molecule has 0 spiro atoms. The van der Waals surface area contributed by atoms with Crippen molar-refractivity contribution < 1.29 is 24.2 Å². The Hall–Kier alpha value is -3.35. The highest BCUT2D eigenvalue weighted by Gasteiger charge is 2.18. The van der Waals surface area contributed by atoms with Crippen LogP contribution in [0.1, 0.15) is 35.2 Å². The number of amides is 2. The number of nitrogens with zero attached hydrogens (tertiary/aromatic N) is 1. The molecular formula is C22H24N2O5. The van der Waals surface area contributed by atoms with Crippen LogP contribution in [0.15, 0.2) is 48.5 Å². The van der Waals surface area contributed by atoms with Crippen LogP contribution < -0.4 is 10.1 Å². The fourth-order valence-corrected chi connectivity index (χ4v) is 3.16. The van der Waals surface area contributed by atoms with Crippen LogP contribution in [-0.4, -0.2) is 47.5 Å². The molecule has 2 amide bonds. The summed E-state index contributed by atoms with van der Waals surface area (Å²) in [6.45, 7) is 1.57. The maximum absolute atomic E-state index is 12.2. The molecule has 3 rings (SSSR count). The fourth-order valence-electron chi connectivity index (χ4n) is 3.16. The molecule has 1 aliphatic heterocycles. The summed E-state index contributed by atoms with van der Waals surface area (Å²) in [6, 6.07) is 13.4. The zero-order valence-corrected chi connectivity index (χ0v) is 16.1. The number of aryl methyl sites for hydroxylation is 1. The Morgan fingerprint density at radius 2 is 1.76 bits per heavy atom. The molecule has 1 fully saturated rings. The largest absolute Gasteiger partial charge is 0.484 e. The molecule has 1 saturated heterocycles. The molecule has 0 aromatic heterocycles. The Morgan fingerprint density at radius 1 is 1.03 bits per heavy atom. The molecule has 0 saturated carbocycles. The van der Waals surface area contributed by atoms with E-state index in [2.05, 4.69) is 5.32 Å². The first kappa shape index (κ1) is 20.4. The van der Waals surface area contributed by atoms with Crippen molar-refractivity contribution >= 4 is 23.5 Å². The molecule has 1 heterocycles. The highest BCUT2D eigenvalue weighted by Crippen LogP contribution is 2.18. The van der Waals surface area contributed by atoms with E-state index in [1.54, 1.807) is 41.3 Å². The van der Waals surface area contributed by atoms with E-state index in [1.807, 2.05) is 0 Å². The monoisotopic (exact) mass is 396 g/mol. The first-order valence-corrected chi connectivity index (χ1v) is 9.64. The number of likely N-dealkylation sites (tertiary alicyclic amines) is 1. The molecule has 0 aliphatic carbocycles. The maximum atomic E-state index is 12.2. The van der Waals surface area contributed by atoms with E-state index in [4.69, 9.17) is 9.84 Å². The minimum atomic E-state index is -0.974. The Balaban J connectivity index is 1.46. The number of rotatable bonds is 8. The van der Waals surface area contributed by atoms with Gasteiger partial charge in [-0.15, -0.1) is 0 Å². The Morgan fingerprint density at radius 3 is 2.45 bits per heavy atom. The van der Waals surface area contributed by atoms with Crippen molar-refractivity contribution in [3.63, 3.8) is 0 Å². The quantitative estimate of drug-likeness (QED) is 0.715. The van der Waals surface area contributed by atoms with Gasteiger partial charge in [-0.1, -0.05) is 18.2 Å². The first-order valence-electron chi connectivity index (χ1n) is 9.64. The number of hydrogen-bond donors (Lipinski definition) is 2. The molecule has 7 nitrogen and oxygen atoms in total. The van der Waals surface area contributed by atoms with Gasteiger partial charge < -0.3 is 20.1 Å². The third-order valence-electron chi connectivity index (χ3n) is 4.78.